The summed E-state index contributed by atoms with van der Waals surface area (Å²) in [6.07, 6.45) is -1.08. The lowest BCUT2D eigenvalue weighted by atomic mass is 10.2. The molecular formula is C19H18Cl2N2O4. The van der Waals surface area contributed by atoms with Crippen molar-refractivity contribution in [3.8, 4) is 0 Å². The molecule has 6 nitrogen and oxygen atoms in total. The number of hydrogen-bond acceptors (Lipinski definition) is 4. The number of rotatable bonds is 6. The van der Waals surface area contributed by atoms with Crippen molar-refractivity contribution in [3.63, 3.8) is 0 Å². The van der Waals surface area contributed by atoms with E-state index in [9.17, 15) is 14.4 Å². The molecule has 2 amide bonds. The quantitative estimate of drug-likeness (QED) is 0.713. The summed E-state index contributed by atoms with van der Waals surface area (Å²) in [7, 11) is 0. The molecule has 0 radical (unpaired) electrons. The molecule has 2 N–H and O–H groups in total. The first-order chi connectivity index (χ1) is 12.8. The molecular weight excluding hydrogens is 391 g/mol. The summed E-state index contributed by atoms with van der Waals surface area (Å²) in [6.45, 7) is 2.90. The molecule has 2 atom stereocenters. The molecule has 0 heterocycles. The molecule has 0 aliphatic heterocycles. The zero-order valence-corrected chi connectivity index (χ0v) is 16.2. The second kappa shape index (κ2) is 9.39. The zero-order valence-electron chi connectivity index (χ0n) is 14.7. The highest BCUT2D eigenvalue weighted by molar-refractivity contribution is 6.35. The summed E-state index contributed by atoms with van der Waals surface area (Å²) in [4.78, 5) is 36.4. The normalized spacial score (nSPS) is 12.6. The number of carbonyl (C=O) groups excluding carboxylic acids is 3. The van der Waals surface area contributed by atoms with Gasteiger partial charge in [0.1, 0.15) is 6.04 Å². The van der Waals surface area contributed by atoms with Crippen molar-refractivity contribution >= 4 is 46.7 Å². The SMILES string of the molecule is C[C@H](NC(=O)c1ccccc1)C(=O)O[C@@H](C)C(=O)Nc1cc(Cl)cc(Cl)c1. The average molecular weight is 409 g/mol. The summed E-state index contributed by atoms with van der Waals surface area (Å²) >= 11 is 11.8. The molecule has 0 aliphatic carbocycles. The highest BCUT2D eigenvalue weighted by Crippen LogP contribution is 2.22. The van der Waals surface area contributed by atoms with Gasteiger partial charge in [-0.05, 0) is 44.2 Å². The van der Waals surface area contributed by atoms with E-state index in [1.54, 1.807) is 30.3 Å². The van der Waals surface area contributed by atoms with E-state index in [0.717, 1.165) is 0 Å². The van der Waals surface area contributed by atoms with Crippen molar-refractivity contribution < 1.29 is 19.1 Å². The van der Waals surface area contributed by atoms with Crippen LogP contribution < -0.4 is 10.6 Å². The third-order valence-corrected chi connectivity index (χ3v) is 3.97. The van der Waals surface area contributed by atoms with E-state index >= 15 is 0 Å². The summed E-state index contributed by atoms with van der Waals surface area (Å²) < 4.78 is 5.11. The minimum absolute atomic E-state index is 0.361. The fourth-order valence-electron chi connectivity index (χ4n) is 2.13. The molecule has 2 rings (SSSR count). The highest BCUT2D eigenvalue weighted by atomic mass is 35.5. The number of hydrogen-bond donors (Lipinski definition) is 2. The molecule has 0 aliphatic rings. The molecule has 0 unspecified atom stereocenters. The van der Waals surface area contributed by atoms with Crippen LogP contribution in [0.4, 0.5) is 5.69 Å². The molecule has 27 heavy (non-hydrogen) atoms. The highest BCUT2D eigenvalue weighted by Gasteiger charge is 2.23. The van der Waals surface area contributed by atoms with Crippen molar-refractivity contribution in [1.29, 1.82) is 0 Å². The Morgan fingerprint density at radius 2 is 1.56 bits per heavy atom. The minimum atomic E-state index is -1.08. The van der Waals surface area contributed by atoms with Crippen LogP contribution in [0, 0.1) is 0 Å². The van der Waals surface area contributed by atoms with Gasteiger partial charge in [-0.3, -0.25) is 9.59 Å². The molecule has 0 spiro atoms. The average Bonchev–Trinajstić information content (AvgIpc) is 2.61. The van der Waals surface area contributed by atoms with Crippen molar-refractivity contribution in [2.75, 3.05) is 5.32 Å². The van der Waals surface area contributed by atoms with Gasteiger partial charge >= 0.3 is 5.97 Å². The largest absolute Gasteiger partial charge is 0.451 e. The van der Waals surface area contributed by atoms with Gasteiger partial charge in [0.2, 0.25) is 0 Å². The number of amides is 2. The second-order valence-electron chi connectivity index (χ2n) is 5.79. The molecule has 8 heteroatoms. The molecule has 142 valence electrons. The molecule has 0 saturated heterocycles. The Balaban J connectivity index is 1.89. The van der Waals surface area contributed by atoms with Crippen LogP contribution in [0.1, 0.15) is 24.2 Å². The van der Waals surface area contributed by atoms with Crippen LogP contribution in [0.5, 0.6) is 0 Å². The van der Waals surface area contributed by atoms with E-state index in [0.29, 0.717) is 21.3 Å². The van der Waals surface area contributed by atoms with Crippen LogP contribution in [0.3, 0.4) is 0 Å². The van der Waals surface area contributed by atoms with Crippen molar-refractivity contribution in [2.45, 2.75) is 26.0 Å². The monoisotopic (exact) mass is 408 g/mol. The Bertz CT molecular complexity index is 823. The number of nitrogens with one attached hydrogen (secondary N) is 2. The Kier molecular flexibility index (Phi) is 7.21. The molecule has 0 saturated carbocycles. The predicted octanol–water partition coefficient (Wildman–Crippen LogP) is 3.68. The molecule has 2 aromatic rings. The number of esters is 1. The third kappa shape index (κ3) is 6.27. The third-order valence-electron chi connectivity index (χ3n) is 3.53. The van der Waals surface area contributed by atoms with Crippen LogP contribution in [-0.4, -0.2) is 29.9 Å². The number of anilines is 1. The van der Waals surface area contributed by atoms with Gasteiger partial charge in [-0.25, -0.2) is 4.79 Å². The van der Waals surface area contributed by atoms with Gasteiger partial charge in [-0.2, -0.15) is 0 Å². The maximum atomic E-state index is 12.2. The van der Waals surface area contributed by atoms with Crippen LogP contribution in [0.15, 0.2) is 48.5 Å². The van der Waals surface area contributed by atoms with Gasteiger partial charge in [0.05, 0.1) is 0 Å². The number of ether oxygens (including phenoxy) is 1. The maximum Gasteiger partial charge on any atom is 0.329 e. The first-order valence-electron chi connectivity index (χ1n) is 8.09. The second-order valence-corrected chi connectivity index (χ2v) is 6.66. The summed E-state index contributed by atoms with van der Waals surface area (Å²) in [5.41, 5.74) is 0.798. The zero-order chi connectivity index (χ0) is 20.0. The van der Waals surface area contributed by atoms with E-state index in [1.165, 1.54) is 32.0 Å². The maximum absolute atomic E-state index is 12.2. The van der Waals surface area contributed by atoms with Crippen LogP contribution in [-0.2, 0) is 14.3 Å². The summed E-state index contributed by atoms with van der Waals surface area (Å²) in [6, 6.07) is 12.1. The first-order valence-corrected chi connectivity index (χ1v) is 8.85. The van der Waals surface area contributed by atoms with Gasteiger partial charge in [0.25, 0.3) is 11.8 Å². The molecule has 0 bridgehead atoms. The van der Waals surface area contributed by atoms with E-state index in [1.807, 2.05) is 0 Å². The van der Waals surface area contributed by atoms with Crippen molar-refractivity contribution in [2.24, 2.45) is 0 Å². The fraction of sp³-hybridized carbons (Fsp3) is 0.211. The van der Waals surface area contributed by atoms with Gasteiger partial charge in [0.15, 0.2) is 6.10 Å². The Hall–Kier alpha value is -2.57. The van der Waals surface area contributed by atoms with Gasteiger partial charge in [-0.15, -0.1) is 0 Å². The first kappa shape index (κ1) is 20.7. The van der Waals surface area contributed by atoms with Crippen molar-refractivity contribution in [3.05, 3.63) is 64.1 Å². The molecule has 0 fully saturated rings. The van der Waals surface area contributed by atoms with Crippen molar-refractivity contribution in [1.82, 2.24) is 5.32 Å². The van der Waals surface area contributed by atoms with E-state index in [4.69, 9.17) is 27.9 Å². The Morgan fingerprint density at radius 1 is 0.963 bits per heavy atom. The smallest absolute Gasteiger partial charge is 0.329 e. The van der Waals surface area contributed by atoms with Gasteiger partial charge < -0.3 is 15.4 Å². The number of carbonyl (C=O) groups is 3. The Morgan fingerprint density at radius 3 is 2.15 bits per heavy atom. The lowest BCUT2D eigenvalue weighted by Crippen LogP contribution is -2.42. The lowest BCUT2D eigenvalue weighted by Gasteiger charge is -2.17. The number of halogens is 2. The summed E-state index contributed by atoms with van der Waals surface area (Å²) in [5.74, 6) is -1.69. The standard InChI is InChI=1S/C19H18Cl2N2O4/c1-11(22-18(25)13-6-4-3-5-7-13)19(26)27-12(2)17(24)23-16-9-14(20)8-15(21)10-16/h3-12H,1-2H3,(H,22,25)(H,23,24)/t11-,12-/m0/s1. The van der Waals surface area contributed by atoms with Crippen LogP contribution in [0.2, 0.25) is 10.0 Å². The topological polar surface area (TPSA) is 84.5 Å². The van der Waals surface area contributed by atoms with Crippen LogP contribution in [0.25, 0.3) is 0 Å². The van der Waals surface area contributed by atoms with Gasteiger partial charge in [0, 0.05) is 21.3 Å². The Labute approximate surface area is 166 Å². The fourth-order valence-corrected chi connectivity index (χ4v) is 2.65. The molecule has 2 aromatic carbocycles. The predicted molar refractivity (Wildman–Crippen MR) is 104 cm³/mol. The number of benzene rings is 2. The van der Waals surface area contributed by atoms with E-state index in [2.05, 4.69) is 10.6 Å². The van der Waals surface area contributed by atoms with E-state index in [-0.39, 0.29) is 0 Å². The van der Waals surface area contributed by atoms with Crippen LogP contribution >= 0.6 is 23.2 Å². The molecule has 0 aromatic heterocycles. The lowest BCUT2D eigenvalue weighted by molar-refractivity contribution is -0.154. The minimum Gasteiger partial charge on any atom is -0.451 e. The van der Waals surface area contributed by atoms with E-state index < -0.39 is 29.9 Å². The van der Waals surface area contributed by atoms with Gasteiger partial charge in [-0.1, -0.05) is 41.4 Å². The summed E-state index contributed by atoms with van der Waals surface area (Å²) in [5, 5.41) is 5.81.